The van der Waals surface area contributed by atoms with Gasteiger partial charge in [-0.05, 0) is 37.1 Å². The normalized spacial score (nSPS) is 15.2. The van der Waals surface area contributed by atoms with E-state index in [9.17, 15) is 14.7 Å². The van der Waals surface area contributed by atoms with Gasteiger partial charge >= 0.3 is 5.97 Å². The lowest BCUT2D eigenvalue weighted by molar-refractivity contribution is -0.116. The average Bonchev–Trinajstić information content (AvgIpc) is 3.15. The summed E-state index contributed by atoms with van der Waals surface area (Å²) in [4.78, 5) is 25.8. The van der Waals surface area contributed by atoms with Crippen molar-refractivity contribution in [1.29, 1.82) is 0 Å². The molecule has 2 N–H and O–H groups in total. The first-order chi connectivity index (χ1) is 15.0. The summed E-state index contributed by atoms with van der Waals surface area (Å²) >= 11 is 1.22. The molecule has 1 amide bonds. The van der Waals surface area contributed by atoms with Gasteiger partial charge in [-0.1, -0.05) is 36.4 Å². The Morgan fingerprint density at radius 1 is 1.10 bits per heavy atom. The van der Waals surface area contributed by atoms with Crippen LogP contribution in [0, 0.1) is 0 Å². The highest BCUT2D eigenvalue weighted by molar-refractivity contribution is 7.15. The second-order valence-electron chi connectivity index (χ2n) is 7.09. The number of carbonyl (C=O) groups is 2. The maximum Gasteiger partial charge on any atom is 0.346 e. The van der Waals surface area contributed by atoms with Crippen LogP contribution < -0.4 is 14.8 Å². The van der Waals surface area contributed by atoms with Crippen LogP contribution in [0.3, 0.4) is 0 Å². The summed E-state index contributed by atoms with van der Waals surface area (Å²) in [5.74, 6) is -0.146. The number of hydrogen-bond donors (Lipinski definition) is 2. The number of anilines is 1. The number of aromatic carboxylic acids is 1. The van der Waals surface area contributed by atoms with Gasteiger partial charge in [-0.3, -0.25) is 4.79 Å². The van der Waals surface area contributed by atoms with Gasteiger partial charge < -0.3 is 19.9 Å². The first-order valence-electron chi connectivity index (χ1n) is 10.2. The second-order valence-corrected chi connectivity index (χ2v) is 8.15. The lowest BCUT2D eigenvalue weighted by atomic mass is 9.88. The van der Waals surface area contributed by atoms with Crippen LogP contribution in [0.15, 0.2) is 48.5 Å². The van der Waals surface area contributed by atoms with Crippen molar-refractivity contribution >= 4 is 28.9 Å². The number of rotatable bonds is 7. The summed E-state index contributed by atoms with van der Waals surface area (Å²) < 4.78 is 11.4. The van der Waals surface area contributed by atoms with Gasteiger partial charge in [0.25, 0.3) is 0 Å². The molecule has 0 saturated heterocycles. The summed E-state index contributed by atoms with van der Waals surface area (Å²) in [5.41, 5.74) is 2.80. The number of benzene rings is 2. The Kier molecular flexibility index (Phi) is 5.95. The molecule has 0 saturated carbocycles. The molecule has 1 aliphatic rings. The predicted octanol–water partition coefficient (Wildman–Crippen LogP) is 5.38. The van der Waals surface area contributed by atoms with E-state index in [2.05, 4.69) is 5.32 Å². The molecule has 0 radical (unpaired) electrons. The molecule has 31 heavy (non-hydrogen) atoms. The summed E-state index contributed by atoms with van der Waals surface area (Å²) in [6, 6.07) is 15.0. The van der Waals surface area contributed by atoms with E-state index in [1.165, 1.54) is 11.3 Å². The van der Waals surface area contributed by atoms with Gasteiger partial charge in [0.05, 0.1) is 18.9 Å². The molecular formula is C24H23NO5S. The fourth-order valence-electron chi connectivity index (χ4n) is 3.87. The summed E-state index contributed by atoms with van der Waals surface area (Å²) in [6.45, 7) is 4.81. The fourth-order valence-corrected chi connectivity index (χ4v) is 5.12. The molecule has 0 aliphatic carbocycles. The Labute approximate surface area is 184 Å². The fraction of sp³-hybridized carbons (Fsp3) is 0.250. The molecular weight excluding hydrogens is 414 g/mol. The Morgan fingerprint density at radius 2 is 1.81 bits per heavy atom. The molecule has 4 rings (SSSR count). The molecule has 2 aromatic carbocycles. The minimum atomic E-state index is -1.01. The number of carboxylic acids is 1. The topological polar surface area (TPSA) is 84.9 Å². The number of ether oxygens (including phenoxy) is 2. The highest BCUT2D eigenvalue weighted by Gasteiger charge is 2.34. The lowest BCUT2D eigenvalue weighted by Crippen LogP contribution is -2.22. The van der Waals surface area contributed by atoms with Crippen molar-refractivity contribution in [2.45, 2.75) is 26.2 Å². The van der Waals surface area contributed by atoms with Crippen LogP contribution in [-0.2, 0) is 4.79 Å². The molecule has 1 aromatic heterocycles. The van der Waals surface area contributed by atoms with Crippen molar-refractivity contribution in [2.75, 3.05) is 18.5 Å². The molecule has 0 spiro atoms. The zero-order chi connectivity index (χ0) is 22.0. The van der Waals surface area contributed by atoms with E-state index in [0.717, 1.165) is 16.0 Å². The summed E-state index contributed by atoms with van der Waals surface area (Å²) in [6.07, 6.45) is 0.236. The van der Waals surface area contributed by atoms with Gasteiger partial charge in [0, 0.05) is 22.8 Å². The van der Waals surface area contributed by atoms with Crippen LogP contribution in [0.25, 0.3) is 11.1 Å². The number of thiophene rings is 1. The molecule has 1 atom stereocenters. The Hall–Kier alpha value is -3.32. The van der Waals surface area contributed by atoms with Crippen molar-refractivity contribution in [3.05, 3.63) is 63.8 Å². The number of carbonyl (C=O) groups excluding carboxylic acids is 1. The van der Waals surface area contributed by atoms with Crippen LogP contribution in [-0.4, -0.2) is 30.2 Å². The number of amides is 1. The zero-order valence-corrected chi connectivity index (χ0v) is 18.1. The Bertz CT molecular complexity index is 1120. The van der Waals surface area contributed by atoms with E-state index < -0.39 is 5.97 Å². The highest BCUT2D eigenvalue weighted by atomic mass is 32.1. The summed E-state index contributed by atoms with van der Waals surface area (Å²) in [5, 5.41) is 12.8. The van der Waals surface area contributed by atoms with E-state index in [1.807, 2.05) is 62.4 Å². The van der Waals surface area contributed by atoms with Crippen LogP contribution in [0.1, 0.15) is 46.3 Å². The van der Waals surface area contributed by atoms with E-state index in [1.54, 1.807) is 0 Å². The minimum Gasteiger partial charge on any atom is -0.490 e. The average molecular weight is 438 g/mol. The van der Waals surface area contributed by atoms with E-state index in [4.69, 9.17) is 9.47 Å². The van der Waals surface area contributed by atoms with E-state index in [-0.39, 0.29) is 23.1 Å². The molecule has 3 aromatic rings. The summed E-state index contributed by atoms with van der Waals surface area (Å²) in [7, 11) is 0. The van der Waals surface area contributed by atoms with Crippen molar-refractivity contribution in [2.24, 2.45) is 0 Å². The van der Waals surface area contributed by atoms with Crippen molar-refractivity contribution in [3.8, 4) is 22.6 Å². The highest BCUT2D eigenvalue weighted by Crippen LogP contribution is 2.50. The van der Waals surface area contributed by atoms with Gasteiger partial charge in [0.15, 0.2) is 11.5 Å². The molecule has 7 heteroatoms. The van der Waals surface area contributed by atoms with E-state index >= 15 is 0 Å². The Balaban J connectivity index is 1.86. The molecule has 6 nitrogen and oxygen atoms in total. The molecule has 160 valence electrons. The number of carboxylic acid groups (broad SMARTS) is 1. The number of nitrogens with one attached hydrogen (secondary N) is 1. The first kappa shape index (κ1) is 20.9. The smallest absolute Gasteiger partial charge is 0.346 e. The molecule has 1 aliphatic heterocycles. The van der Waals surface area contributed by atoms with Gasteiger partial charge in [-0.2, -0.15) is 0 Å². The SMILES string of the molecule is CCOc1ccc([C@H]2CC(=O)Nc3c2sc(C(=O)O)c3-c2ccccc2)cc1OCC. The maximum absolute atomic E-state index is 12.6. The van der Waals surface area contributed by atoms with Gasteiger partial charge in [0.2, 0.25) is 5.91 Å². The maximum atomic E-state index is 12.6. The molecule has 0 bridgehead atoms. The van der Waals surface area contributed by atoms with Crippen molar-refractivity contribution in [3.63, 3.8) is 0 Å². The van der Waals surface area contributed by atoms with Gasteiger partial charge in [0.1, 0.15) is 4.88 Å². The third kappa shape index (κ3) is 4.01. The second kappa shape index (κ2) is 8.81. The van der Waals surface area contributed by atoms with Crippen molar-refractivity contribution < 1.29 is 24.2 Å². The third-order valence-electron chi connectivity index (χ3n) is 5.13. The number of fused-ring (bicyclic) bond motifs is 1. The molecule has 0 fully saturated rings. The first-order valence-corrected chi connectivity index (χ1v) is 11.0. The monoisotopic (exact) mass is 437 g/mol. The van der Waals surface area contributed by atoms with Crippen molar-refractivity contribution in [1.82, 2.24) is 0 Å². The standard InChI is InChI=1S/C24H23NO5S/c1-3-29-17-11-10-15(12-18(17)30-4-2)16-13-19(26)25-21-20(14-8-6-5-7-9-14)23(24(27)28)31-22(16)21/h5-12,16H,3-4,13H2,1-2H3,(H,25,26)(H,27,28)/t16-/m1/s1. The van der Waals surface area contributed by atoms with Crippen LogP contribution in [0.2, 0.25) is 0 Å². The van der Waals surface area contributed by atoms with Gasteiger partial charge in [-0.15, -0.1) is 11.3 Å². The number of hydrogen-bond acceptors (Lipinski definition) is 5. The Morgan fingerprint density at radius 3 is 2.48 bits per heavy atom. The minimum absolute atomic E-state index is 0.142. The lowest BCUT2D eigenvalue weighted by Gasteiger charge is -2.24. The van der Waals surface area contributed by atoms with Crippen LogP contribution >= 0.6 is 11.3 Å². The zero-order valence-electron chi connectivity index (χ0n) is 17.3. The van der Waals surface area contributed by atoms with Crippen LogP contribution in [0.4, 0.5) is 5.69 Å². The van der Waals surface area contributed by atoms with E-state index in [0.29, 0.717) is 36.0 Å². The third-order valence-corrected chi connectivity index (χ3v) is 6.42. The van der Waals surface area contributed by atoms with Gasteiger partial charge in [-0.25, -0.2) is 4.79 Å². The van der Waals surface area contributed by atoms with Crippen LogP contribution in [0.5, 0.6) is 11.5 Å². The largest absolute Gasteiger partial charge is 0.490 e. The molecule has 2 heterocycles. The molecule has 0 unspecified atom stereocenters. The quantitative estimate of drug-likeness (QED) is 0.518. The predicted molar refractivity (Wildman–Crippen MR) is 121 cm³/mol.